The van der Waals surface area contributed by atoms with Crippen LogP contribution >= 0.6 is 0 Å². The second kappa shape index (κ2) is 9.05. The van der Waals surface area contributed by atoms with Crippen LogP contribution in [-0.2, 0) is 11.2 Å². The first-order valence-corrected chi connectivity index (χ1v) is 10.4. The zero-order valence-corrected chi connectivity index (χ0v) is 17.6. The van der Waals surface area contributed by atoms with E-state index in [1.807, 2.05) is 67.6 Å². The fourth-order valence-corrected chi connectivity index (χ4v) is 3.73. The van der Waals surface area contributed by atoms with Gasteiger partial charge in [-0.3, -0.25) is 4.79 Å². The average Bonchev–Trinajstić information content (AvgIpc) is 2.74. The number of benzene rings is 2. The Morgan fingerprint density at radius 1 is 1.03 bits per heavy atom. The molecule has 1 aliphatic rings. The maximum atomic E-state index is 12.4. The van der Waals surface area contributed by atoms with Gasteiger partial charge in [0.2, 0.25) is 5.91 Å². The van der Waals surface area contributed by atoms with Gasteiger partial charge in [-0.25, -0.2) is 0 Å². The maximum Gasteiger partial charge on any atom is 0.228 e. The highest BCUT2D eigenvalue weighted by Crippen LogP contribution is 2.22. The number of hydrogen-bond donors (Lipinski definition) is 2. The van der Waals surface area contributed by atoms with Crippen molar-refractivity contribution in [3.05, 3.63) is 71.8 Å². The SMILES string of the molecule is Cc1cccc(CC(=O)Nc2cccc(-c3ccc(N4CC[NH+](C)CC4)nn3)c2)c1. The van der Waals surface area contributed by atoms with Gasteiger partial charge in [-0.15, -0.1) is 10.2 Å². The number of piperazine rings is 1. The third-order valence-electron chi connectivity index (χ3n) is 5.48. The lowest BCUT2D eigenvalue weighted by atomic mass is 10.1. The van der Waals surface area contributed by atoms with Gasteiger partial charge in [0.1, 0.15) is 0 Å². The van der Waals surface area contributed by atoms with E-state index in [1.54, 1.807) is 4.90 Å². The van der Waals surface area contributed by atoms with Crippen LogP contribution in [0.5, 0.6) is 0 Å². The number of carbonyl (C=O) groups is 1. The van der Waals surface area contributed by atoms with Crippen molar-refractivity contribution in [2.24, 2.45) is 0 Å². The monoisotopic (exact) mass is 402 g/mol. The van der Waals surface area contributed by atoms with Crippen molar-refractivity contribution in [2.45, 2.75) is 13.3 Å². The number of aryl methyl sites for hydroxylation is 1. The lowest BCUT2D eigenvalue weighted by Gasteiger charge is -2.30. The summed E-state index contributed by atoms with van der Waals surface area (Å²) in [6, 6.07) is 19.8. The number of amides is 1. The van der Waals surface area contributed by atoms with Crippen LogP contribution < -0.4 is 15.1 Å². The third kappa shape index (κ3) is 5.02. The highest BCUT2D eigenvalue weighted by Gasteiger charge is 2.18. The van der Waals surface area contributed by atoms with Crippen LogP contribution in [0.25, 0.3) is 11.3 Å². The highest BCUT2D eigenvalue weighted by molar-refractivity contribution is 5.92. The summed E-state index contributed by atoms with van der Waals surface area (Å²) in [5, 5.41) is 11.9. The Bertz CT molecular complexity index is 1010. The molecule has 3 aromatic rings. The maximum absolute atomic E-state index is 12.4. The summed E-state index contributed by atoms with van der Waals surface area (Å²) in [5.74, 6) is 0.894. The fraction of sp³-hybridized carbons (Fsp3) is 0.292. The van der Waals surface area contributed by atoms with Gasteiger partial charge in [-0.1, -0.05) is 42.0 Å². The first-order chi connectivity index (χ1) is 14.6. The van der Waals surface area contributed by atoms with Crippen molar-refractivity contribution >= 4 is 17.4 Å². The Balaban J connectivity index is 1.42. The van der Waals surface area contributed by atoms with Gasteiger partial charge in [0.05, 0.1) is 45.3 Å². The van der Waals surface area contributed by atoms with E-state index in [-0.39, 0.29) is 5.91 Å². The lowest BCUT2D eigenvalue weighted by molar-refractivity contribution is -0.880. The molecule has 0 spiro atoms. The second-order valence-corrected chi connectivity index (χ2v) is 8.02. The summed E-state index contributed by atoms with van der Waals surface area (Å²) in [4.78, 5) is 16.3. The molecule has 0 bridgehead atoms. The van der Waals surface area contributed by atoms with Crippen LogP contribution in [0, 0.1) is 6.92 Å². The van der Waals surface area contributed by atoms with Gasteiger partial charge < -0.3 is 15.1 Å². The topological polar surface area (TPSA) is 62.6 Å². The Morgan fingerprint density at radius 2 is 1.83 bits per heavy atom. The number of nitrogens with one attached hydrogen (secondary N) is 2. The second-order valence-electron chi connectivity index (χ2n) is 8.02. The molecule has 154 valence electrons. The van der Waals surface area contributed by atoms with Gasteiger partial charge in [-0.05, 0) is 36.8 Å². The minimum atomic E-state index is -0.0311. The summed E-state index contributed by atoms with van der Waals surface area (Å²) in [6.45, 7) is 6.27. The molecule has 30 heavy (non-hydrogen) atoms. The number of hydrogen-bond acceptors (Lipinski definition) is 4. The first-order valence-electron chi connectivity index (χ1n) is 10.4. The van der Waals surface area contributed by atoms with Crippen LogP contribution in [0.15, 0.2) is 60.7 Å². The number of carbonyl (C=O) groups excluding carboxylic acids is 1. The first kappa shape index (κ1) is 20.0. The van der Waals surface area contributed by atoms with Crippen molar-refractivity contribution < 1.29 is 9.69 Å². The number of anilines is 2. The van der Waals surface area contributed by atoms with E-state index in [1.165, 1.54) is 0 Å². The number of aromatic nitrogens is 2. The van der Waals surface area contributed by atoms with Crippen LogP contribution in [0.1, 0.15) is 11.1 Å². The summed E-state index contributed by atoms with van der Waals surface area (Å²) in [7, 11) is 2.22. The van der Waals surface area contributed by atoms with E-state index in [2.05, 4.69) is 27.5 Å². The van der Waals surface area contributed by atoms with Crippen LogP contribution in [0.2, 0.25) is 0 Å². The van der Waals surface area contributed by atoms with Crippen molar-refractivity contribution in [3.8, 4) is 11.3 Å². The van der Waals surface area contributed by atoms with Gasteiger partial charge in [0.25, 0.3) is 0 Å². The summed E-state index contributed by atoms with van der Waals surface area (Å²) >= 11 is 0. The quantitative estimate of drug-likeness (QED) is 0.685. The molecule has 1 aromatic heterocycles. The van der Waals surface area contributed by atoms with Crippen LogP contribution in [-0.4, -0.2) is 49.3 Å². The normalized spacial score (nSPS) is 14.5. The van der Waals surface area contributed by atoms with E-state index in [0.717, 1.165) is 60.1 Å². The fourth-order valence-electron chi connectivity index (χ4n) is 3.73. The zero-order chi connectivity index (χ0) is 20.9. The molecule has 1 amide bonds. The molecule has 6 heteroatoms. The zero-order valence-electron chi connectivity index (χ0n) is 17.6. The Kier molecular flexibility index (Phi) is 6.05. The predicted molar refractivity (Wildman–Crippen MR) is 120 cm³/mol. The van der Waals surface area contributed by atoms with Crippen molar-refractivity contribution in [2.75, 3.05) is 43.4 Å². The molecule has 1 saturated heterocycles. The standard InChI is InChI=1S/C24H27N5O/c1-18-5-3-6-19(15-18)16-24(30)25-21-8-4-7-20(17-21)22-9-10-23(27-26-22)29-13-11-28(2)12-14-29/h3-10,15,17H,11-14,16H2,1-2H3,(H,25,30)/p+1. The molecule has 0 aliphatic carbocycles. The van der Waals surface area contributed by atoms with E-state index >= 15 is 0 Å². The van der Waals surface area contributed by atoms with E-state index in [9.17, 15) is 4.79 Å². The van der Waals surface area contributed by atoms with Crippen LogP contribution in [0.3, 0.4) is 0 Å². The van der Waals surface area contributed by atoms with E-state index in [4.69, 9.17) is 0 Å². The van der Waals surface area contributed by atoms with Crippen molar-refractivity contribution in [1.82, 2.24) is 10.2 Å². The van der Waals surface area contributed by atoms with Crippen LogP contribution in [0.4, 0.5) is 11.5 Å². The minimum absolute atomic E-state index is 0.0311. The van der Waals surface area contributed by atoms with Crippen molar-refractivity contribution in [1.29, 1.82) is 0 Å². The molecular weight excluding hydrogens is 374 g/mol. The molecular formula is C24H28N5O+. The minimum Gasteiger partial charge on any atom is -0.344 e. The van der Waals surface area contributed by atoms with E-state index < -0.39 is 0 Å². The number of rotatable bonds is 5. The molecule has 0 radical (unpaired) electrons. The number of nitrogens with zero attached hydrogens (tertiary/aromatic N) is 3. The number of quaternary nitrogens is 1. The molecule has 2 heterocycles. The van der Waals surface area contributed by atoms with Gasteiger partial charge in [-0.2, -0.15) is 0 Å². The largest absolute Gasteiger partial charge is 0.344 e. The molecule has 0 unspecified atom stereocenters. The molecule has 0 saturated carbocycles. The smallest absolute Gasteiger partial charge is 0.228 e. The molecule has 6 nitrogen and oxygen atoms in total. The van der Waals surface area contributed by atoms with Gasteiger partial charge in [0, 0.05) is 11.3 Å². The molecule has 1 fully saturated rings. The summed E-state index contributed by atoms with van der Waals surface area (Å²) < 4.78 is 0. The highest BCUT2D eigenvalue weighted by atomic mass is 16.1. The van der Waals surface area contributed by atoms with Crippen molar-refractivity contribution in [3.63, 3.8) is 0 Å². The van der Waals surface area contributed by atoms with Gasteiger partial charge in [0.15, 0.2) is 5.82 Å². The Labute approximate surface area is 177 Å². The van der Waals surface area contributed by atoms with Gasteiger partial charge >= 0.3 is 0 Å². The average molecular weight is 403 g/mol. The summed E-state index contributed by atoms with van der Waals surface area (Å²) in [6.07, 6.45) is 0.354. The lowest BCUT2D eigenvalue weighted by Crippen LogP contribution is -3.12. The molecule has 4 rings (SSSR count). The summed E-state index contributed by atoms with van der Waals surface area (Å²) in [5.41, 5.74) is 4.66. The molecule has 1 aliphatic heterocycles. The van der Waals surface area contributed by atoms with E-state index in [0.29, 0.717) is 6.42 Å². The Hall–Kier alpha value is -3.25. The molecule has 2 N–H and O–H groups in total. The Morgan fingerprint density at radius 3 is 2.57 bits per heavy atom. The third-order valence-corrected chi connectivity index (χ3v) is 5.48. The predicted octanol–water partition coefficient (Wildman–Crippen LogP) is 1.97. The number of likely N-dealkylation sites (N-methyl/N-ethyl adjacent to an activating group) is 1. The molecule has 2 aromatic carbocycles. The molecule has 0 atom stereocenters.